The van der Waals surface area contributed by atoms with Crippen LogP contribution in [0.2, 0.25) is 0 Å². The van der Waals surface area contributed by atoms with Gasteiger partial charge in [0.25, 0.3) is 0 Å². The summed E-state index contributed by atoms with van der Waals surface area (Å²) in [4.78, 5) is 2.40. The lowest BCUT2D eigenvalue weighted by Gasteiger charge is -2.21. The van der Waals surface area contributed by atoms with Crippen LogP contribution in [0.3, 0.4) is 0 Å². The van der Waals surface area contributed by atoms with Crippen LogP contribution < -0.4 is 4.90 Å². The van der Waals surface area contributed by atoms with Gasteiger partial charge in [0.05, 0.1) is 6.61 Å². The van der Waals surface area contributed by atoms with Gasteiger partial charge in [0, 0.05) is 25.4 Å². The second-order valence-electron chi connectivity index (χ2n) is 4.50. The predicted molar refractivity (Wildman–Crippen MR) is 74.8 cm³/mol. The SMILES string of the molecule is CCC.Cc1ccc(N2CCCOCC2)cc1. The minimum atomic E-state index is 0.855. The van der Waals surface area contributed by atoms with E-state index in [-0.39, 0.29) is 0 Å². The second-order valence-corrected chi connectivity index (χ2v) is 4.50. The van der Waals surface area contributed by atoms with Gasteiger partial charge in [-0.15, -0.1) is 0 Å². The molecule has 1 aliphatic rings. The van der Waals surface area contributed by atoms with Crippen molar-refractivity contribution in [2.75, 3.05) is 31.2 Å². The molecule has 1 aromatic rings. The van der Waals surface area contributed by atoms with Crippen molar-refractivity contribution in [3.05, 3.63) is 29.8 Å². The molecule has 0 bridgehead atoms. The van der Waals surface area contributed by atoms with Gasteiger partial charge in [-0.1, -0.05) is 38.0 Å². The molecule has 1 saturated heterocycles. The van der Waals surface area contributed by atoms with Gasteiger partial charge in [-0.3, -0.25) is 0 Å². The summed E-state index contributed by atoms with van der Waals surface area (Å²) in [6.07, 6.45) is 2.38. The first-order chi connectivity index (χ1) is 8.27. The molecule has 2 nitrogen and oxygen atoms in total. The summed E-state index contributed by atoms with van der Waals surface area (Å²) in [6.45, 7) is 10.3. The zero-order valence-corrected chi connectivity index (χ0v) is 11.4. The summed E-state index contributed by atoms with van der Waals surface area (Å²) in [7, 11) is 0. The second kappa shape index (κ2) is 8.13. The highest BCUT2D eigenvalue weighted by Crippen LogP contribution is 2.16. The first-order valence-corrected chi connectivity index (χ1v) is 6.67. The molecule has 1 aliphatic heterocycles. The summed E-state index contributed by atoms with van der Waals surface area (Å²) in [5.74, 6) is 0. The molecule has 96 valence electrons. The molecule has 1 fully saturated rings. The van der Waals surface area contributed by atoms with Crippen LogP contribution in [-0.2, 0) is 4.74 Å². The topological polar surface area (TPSA) is 12.5 Å². The fourth-order valence-corrected chi connectivity index (χ4v) is 1.76. The van der Waals surface area contributed by atoms with Crippen molar-refractivity contribution in [3.8, 4) is 0 Å². The van der Waals surface area contributed by atoms with Gasteiger partial charge < -0.3 is 9.64 Å². The number of aryl methyl sites for hydroxylation is 1. The average molecular weight is 235 g/mol. The predicted octanol–water partition coefficient (Wildman–Crippen LogP) is 3.64. The Balaban J connectivity index is 0.000000437. The fraction of sp³-hybridized carbons (Fsp3) is 0.600. The Kier molecular flexibility index (Phi) is 6.71. The molecule has 0 aliphatic carbocycles. The van der Waals surface area contributed by atoms with Crippen LogP contribution in [0.15, 0.2) is 24.3 Å². The van der Waals surface area contributed by atoms with Crippen molar-refractivity contribution < 1.29 is 4.74 Å². The lowest BCUT2D eigenvalue weighted by Crippen LogP contribution is -2.25. The van der Waals surface area contributed by atoms with Crippen LogP contribution in [0.25, 0.3) is 0 Å². The number of hydrogen-bond acceptors (Lipinski definition) is 2. The van der Waals surface area contributed by atoms with E-state index >= 15 is 0 Å². The van der Waals surface area contributed by atoms with E-state index in [1.807, 2.05) is 0 Å². The number of ether oxygens (including phenoxy) is 1. The maximum atomic E-state index is 5.43. The number of rotatable bonds is 1. The van der Waals surface area contributed by atoms with Gasteiger partial charge >= 0.3 is 0 Å². The van der Waals surface area contributed by atoms with Gasteiger partial charge in [-0.05, 0) is 25.5 Å². The summed E-state index contributed by atoms with van der Waals surface area (Å²) in [5, 5.41) is 0. The highest BCUT2D eigenvalue weighted by atomic mass is 16.5. The zero-order chi connectivity index (χ0) is 12.5. The first kappa shape index (κ1) is 14.0. The average Bonchev–Trinajstić information content (AvgIpc) is 2.60. The van der Waals surface area contributed by atoms with Crippen LogP contribution in [0.1, 0.15) is 32.3 Å². The fourth-order valence-electron chi connectivity index (χ4n) is 1.76. The molecular weight excluding hydrogens is 210 g/mol. The monoisotopic (exact) mass is 235 g/mol. The van der Waals surface area contributed by atoms with Crippen molar-refractivity contribution in [2.24, 2.45) is 0 Å². The largest absolute Gasteiger partial charge is 0.380 e. The lowest BCUT2D eigenvalue weighted by molar-refractivity contribution is 0.152. The molecule has 1 aromatic carbocycles. The summed E-state index contributed by atoms with van der Waals surface area (Å²) >= 11 is 0. The molecule has 0 unspecified atom stereocenters. The molecule has 2 heteroatoms. The maximum Gasteiger partial charge on any atom is 0.0641 e. The Morgan fingerprint density at radius 1 is 1.06 bits per heavy atom. The van der Waals surface area contributed by atoms with Crippen LogP contribution in [0.5, 0.6) is 0 Å². The van der Waals surface area contributed by atoms with Crippen molar-refractivity contribution in [2.45, 2.75) is 33.6 Å². The third-order valence-corrected chi connectivity index (χ3v) is 2.62. The van der Waals surface area contributed by atoms with E-state index in [1.54, 1.807) is 0 Å². The first-order valence-electron chi connectivity index (χ1n) is 6.67. The molecule has 0 N–H and O–H groups in total. The third-order valence-electron chi connectivity index (χ3n) is 2.62. The Bertz CT molecular complexity index is 286. The molecule has 0 aromatic heterocycles. The quantitative estimate of drug-likeness (QED) is 0.737. The van der Waals surface area contributed by atoms with Gasteiger partial charge in [0.1, 0.15) is 0 Å². The maximum absolute atomic E-state index is 5.43. The molecule has 0 radical (unpaired) electrons. The standard InChI is InChI=1S/C12H17NO.C3H8/c1-11-3-5-12(6-4-11)13-7-2-9-14-10-8-13;1-3-2/h3-6H,2,7-10H2,1H3;3H2,1-2H3. The summed E-state index contributed by atoms with van der Waals surface area (Å²) < 4.78 is 5.43. The van der Waals surface area contributed by atoms with Crippen molar-refractivity contribution >= 4 is 5.69 Å². The minimum absolute atomic E-state index is 0.855. The molecule has 2 rings (SSSR count). The van der Waals surface area contributed by atoms with Crippen LogP contribution in [-0.4, -0.2) is 26.3 Å². The number of anilines is 1. The Morgan fingerprint density at radius 3 is 2.35 bits per heavy atom. The van der Waals surface area contributed by atoms with E-state index < -0.39 is 0 Å². The van der Waals surface area contributed by atoms with Gasteiger partial charge in [0.2, 0.25) is 0 Å². The van der Waals surface area contributed by atoms with E-state index in [0.717, 1.165) is 32.7 Å². The van der Waals surface area contributed by atoms with E-state index in [1.165, 1.54) is 17.7 Å². The van der Waals surface area contributed by atoms with Crippen molar-refractivity contribution in [1.29, 1.82) is 0 Å². The van der Waals surface area contributed by atoms with Crippen LogP contribution in [0, 0.1) is 6.92 Å². The van der Waals surface area contributed by atoms with Crippen LogP contribution in [0.4, 0.5) is 5.69 Å². The summed E-state index contributed by atoms with van der Waals surface area (Å²) in [6, 6.07) is 8.73. The third kappa shape index (κ3) is 5.22. The van der Waals surface area contributed by atoms with E-state index in [2.05, 4.69) is 49.9 Å². The Morgan fingerprint density at radius 2 is 1.71 bits per heavy atom. The summed E-state index contributed by atoms with van der Waals surface area (Å²) in [5.41, 5.74) is 2.64. The molecule has 0 saturated carbocycles. The molecule has 0 amide bonds. The molecule has 17 heavy (non-hydrogen) atoms. The van der Waals surface area contributed by atoms with Gasteiger partial charge in [-0.25, -0.2) is 0 Å². The highest BCUT2D eigenvalue weighted by Gasteiger charge is 2.08. The zero-order valence-electron chi connectivity index (χ0n) is 11.4. The minimum Gasteiger partial charge on any atom is -0.380 e. The molecule has 0 atom stereocenters. The Hall–Kier alpha value is -1.02. The molecule has 1 heterocycles. The normalized spacial score (nSPS) is 15.8. The van der Waals surface area contributed by atoms with E-state index in [0.29, 0.717) is 0 Å². The molecular formula is C15H25NO. The molecule has 0 spiro atoms. The van der Waals surface area contributed by atoms with Gasteiger partial charge in [0.15, 0.2) is 0 Å². The van der Waals surface area contributed by atoms with Crippen LogP contribution >= 0.6 is 0 Å². The van der Waals surface area contributed by atoms with Crippen molar-refractivity contribution in [3.63, 3.8) is 0 Å². The Labute approximate surface area is 106 Å². The van der Waals surface area contributed by atoms with E-state index in [9.17, 15) is 0 Å². The van der Waals surface area contributed by atoms with E-state index in [4.69, 9.17) is 4.74 Å². The van der Waals surface area contributed by atoms with Gasteiger partial charge in [-0.2, -0.15) is 0 Å². The number of benzene rings is 1. The van der Waals surface area contributed by atoms with Crippen molar-refractivity contribution in [1.82, 2.24) is 0 Å². The lowest BCUT2D eigenvalue weighted by atomic mass is 10.2. The number of nitrogens with zero attached hydrogens (tertiary/aromatic N) is 1. The number of hydrogen-bond donors (Lipinski definition) is 0. The highest BCUT2D eigenvalue weighted by molar-refractivity contribution is 5.47. The smallest absolute Gasteiger partial charge is 0.0641 e.